The molecule has 0 spiro atoms. The molecule has 0 atom stereocenters. The molecule has 0 radical (unpaired) electrons. The van der Waals surface area contributed by atoms with Gasteiger partial charge < -0.3 is 5.32 Å². The third kappa shape index (κ3) is 7.07. The van der Waals surface area contributed by atoms with Gasteiger partial charge in [0.25, 0.3) is 0 Å². The number of rotatable bonds is 10. The molecule has 0 bridgehead atoms. The van der Waals surface area contributed by atoms with Crippen molar-refractivity contribution in [1.82, 2.24) is 10.0 Å². The van der Waals surface area contributed by atoms with Gasteiger partial charge in [0, 0.05) is 6.54 Å². The molecule has 0 aliphatic rings. The summed E-state index contributed by atoms with van der Waals surface area (Å²) in [6.07, 6.45) is 2.89. The fourth-order valence-corrected chi connectivity index (χ4v) is 2.98. The predicted octanol–water partition coefficient (Wildman–Crippen LogP) is 2.55. The number of nitrogens with one attached hydrogen (secondary N) is 2. The molecule has 1 aromatic carbocycles. The maximum Gasteiger partial charge on any atom is 0.240 e. The van der Waals surface area contributed by atoms with E-state index in [1.165, 1.54) is 0 Å². The lowest BCUT2D eigenvalue weighted by Gasteiger charge is -2.09. The molecule has 0 unspecified atom stereocenters. The van der Waals surface area contributed by atoms with Crippen LogP contribution in [0.1, 0.15) is 39.2 Å². The van der Waals surface area contributed by atoms with Crippen molar-refractivity contribution in [3.63, 3.8) is 0 Å². The Hall–Kier alpha value is -0.910. The normalized spacial score (nSPS) is 12.0. The summed E-state index contributed by atoms with van der Waals surface area (Å²) in [6, 6.07) is 7.16. The molecule has 0 saturated heterocycles. The summed E-state index contributed by atoms with van der Waals surface area (Å²) in [5, 5.41) is 3.34. The van der Waals surface area contributed by atoms with Crippen LogP contribution in [-0.2, 0) is 16.4 Å². The third-order valence-electron chi connectivity index (χ3n) is 3.26. The monoisotopic (exact) mass is 312 g/mol. The van der Waals surface area contributed by atoms with Crippen LogP contribution in [0.4, 0.5) is 0 Å². The lowest BCUT2D eigenvalue weighted by atomic mass is 10.1. The van der Waals surface area contributed by atoms with Crippen LogP contribution >= 0.6 is 0 Å². The zero-order chi connectivity index (χ0) is 15.7. The van der Waals surface area contributed by atoms with Crippen LogP contribution in [0, 0.1) is 5.92 Å². The first-order chi connectivity index (χ1) is 9.95. The summed E-state index contributed by atoms with van der Waals surface area (Å²) in [5.74, 6) is 0.491. The van der Waals surface area contributed by atoms with E-state index in [2.05, 4.69) is 30.8 Å². The van der Waals surface area contributed by atoms with Gasteiger partial charge in [0.05, 0.1) is 4.90 Å². The quantitative estimate of drug-likeness (QED) is 0.653. The first kappa shape index (κ1) is 18.1. The summed E-state index contributed by atoms with van der Waals surface area (Å²) in [4.78, 5) is 0.344. The van der Waals surface area contributed by atoms with Gasteiger partial charge >= 0.3 is 0 Å². The second kappa shape index (κ2) is 9.18. The highest BCUT2D eigenvalue weighted by Gasteiger charge is 2.13. The number of hydrogen-bond donors (Lipinski definition) is 2. The molecule has 0 amide bonds. The summed E-state index contributed by atoms with van der Waals surface area (Å²) < 4.78 is 26.8. The van der Waals surface area contributed by atoms with Crippen molar-refractivity contribution in [2.45, 2.75) is 44.9 Å². The van der Waals surface area contributed by atoms with E-state index in [-0.39, 0.29) is 0 Å². The van der Waals surface area contributed by atoms with Gasteiger partial charge in [0.2, 0.25) is 10.0 Å². The van der Waals surface area contributed by atoms with E-state index < -0.39 is 10.0 Å². The molecule has 0 aliphatic carbocycles. The van der Waals surface area contributed by atoms with Gasteiger partial charge in [-0.3, -0.25) is 0 Å². The number of sulfonamides is 1. The molecule has 1 rings (SSSR count). The number of hydrogen-bond acceptors (Lipinski definition) is 3. The Morgan fingerprint density at radius 3 is 2.29 bits per heavy atom. The van der Waals surface area contributed by atoms with Crippen LogP contribution in [0.25, 0.3) is 0 Å². The standard InChI is InChI=1S/C16H28N2O2S/c1-4-11-17-12-10-15-5-7-16(8-6-15)21(19,20)18-13-9-14(2)3/h5-8,14,17-18H,4,9-13H2,1-3H3. The smallest absolute Gasteiger partial charge is 0.240 e. The molecule has 0 aliphatic heterocycles. The highest BCUT2D eigenvalue weighted by molar-refractivity contribution is 7.89. The largest absolute Gasteiger partial charge is 0.316 e. The van der Waals surface area contributed by atoms with Crippen molar-refractivity contribution in [2.75, 3.05) is 19.6 Å². The second-order valence-electron chi connectivity index (χ2n) is 5.72. The van der Waals surface area contributed by atoms with Gasteiger partial charge in [0.15, 0.2) is 0 Å². The van der Waals surface area contributed by atoms with Gasteiger partial charge in [-0.1, -0.05) is 32.9 Å². The van der Waals surface area contributed by atoms with Crippen LogP contribution < -0.4 is 10.0 Å². The van der Waals surface area contributed by atoms with E-state index in [0.29, 0.717) is 17.4 Å². The average molecular weight is 312 g/mol. The Morgan fingerprint density at radius 2 is 1.71 bits per heavy atom. The fraction of sp³-hybridized carbons (Fsp3) is 0.625. The molecule has 1 aromatic rings. The number of benzene rings is 1. The van der Waals surface area contributed by atoms with Crippen LogP contribution in [-0.4, -0.2) is 28.1 Å². The Morgan fingerprint density at radius 1 is 1.05 bits per heavy atom. The molecule has 0 heterocycles. The minimum Gasteiger partial charge on any atom is -0.316 e. The van der Waals surface area contributed by atoms with Crippen molar-refractivity contribution < 1.29 is 8.42 Å². The zero-order valence-electron chi connectivity index (χ0n) is 13.4. The van der Waals surface area contributed by atoms with Crippen molar-refractivity contribution in [2.24, 2.45) is 5.92 Å². The molecule has 0 fully saturated rings. The second-order valence-corrected chi connectivity index (χ2v) is 7.49. The van der Waals surface area contributed by atoms with E-state index in [1.807, 2.05) is 12.1 Å². The van der Waals surface area contributed by atoms with Crippen LogP contribution in [0.15, 0.2) is 29.2 Å². The molecule has 4 nitrogen and oxygen atoms in total. The van der Waals surface area contributed by atoms with Gasteiger partial charge in [-0.2, -0.15) is 0 Å². The van der Waals surface area contributed by atoms with Gasteiger partial charge in [0.1, 0.15) is 0 Å². The van der Waals surface area contributed by atoms with E-state index in [0.717, 1.165) is 37.9 Å². The lowest BCUT2D eigenvalue weighted by molar-refractivity contribution is 0.551. The summed E-state index contributed by atoms with van der Waals surface area (Å²) in [5.41, 5.74) is 1.15. The first-order valence-corrected chi connectivity index (χ1v) is 9.23. The SMILES string of the molecule is CCCNCCc1ccc(S(=O)(=O)NCCC(C)C)cc1. The lowest BCUT2D eigenvalue weighted by Crippen LogP contribution is -2.25. The minimum atomic E-state index is -3.37. The van der Waals surface area contributed by atoms with E-state index in [4.69, 9.17) is 0 Å². The molecule has 0 saturated carbocycles. The molecule has 2 N–H and O–H groups in total. The maximum atomic E-state index is 12.1. The van der Waals surface area contributed by atoms with Gasteiger partial charge in [-0.05, 0) is 56.0 Å². The predicted molar refractivity (Wildman–Crippen MR) is 88.0 cm³/mol. The highest BCUT2D eigenvalue weighted by Crippen LogP contribution is 2.11. The Kier molecular flexibility index (Phi) is 7.93. The molecule has 120 valence electrons. The Bertz CT molecular complexity index is 496. The highest BCUT2D eigenvalue weighted by atomic mass is 32.2. The van der Waals surface area contributed by atoms with Crippen LogP contribution in [0.3, 0.4) is 0 Å². The topological polar surface area (TPSA) is 58.2 Å². The van der Waals surface area contributed by atoms with Crippen molar-refractivity contribution in [1.29, 1.82) is 0 Å². The van der Waals surface area contributed by atoms with E-state index in [1.54, 1.807) is 12.1 Å². The Balaban J connectivity index is 2.52. The zero-order valence-corrected chi connectivity index (χ0v) is 14.2. The maximum absolute atomic E-state index is 12.1. The molecule has 21 heavy (non-hydrogen) atoms. The third-order valence-corrected chi connectivity index (χ3v) is 4.74. The molecule has 5 heteroatoms. The first-order valence-electron chi connectivity index (χ1n) is 7.75. The minimum absolute atomic E-state index is 0.344. The van der Waals surface area contributed by atoms with E-state index in [9.17, 15) is 8.42 Å². The summed E-state index contributed by atoms with van der Waals surface area (Å²) in [6.45, 7) is 8.73. The van der Waals surface area contributed by atoms with Gasteiger partial charge in [-0.15, -0.1) is 0 Å². The van der Waals surface area contributed by atoms with Crippen molar-refractivity contribution in [3.8, 4) is 0 Å². The van der Waals surface area contributed by atoms with Crippen LogP contribution in [0.5, 0.6) is 0 Å². The fourth-order valence-electron chi connectivity index (χ4n) is 1.94. The summed E-state index contributed by atoms with van der Waals surface area (Å²) >= 11 is 0. The average Bonchev–Trinajstić information content (AvgIpc) is 2.43. The van der Waals surface area contributed by atoms with Gasteiger partial charge in [-0.25, -0.2) is 13.1 Å². The molecular formula is C16H28N2O2S. The van der Waals surface area contributed by atoms with Crippen LogP contribution in [0.2, 0.25) is 0 Å². The van der Waals surface area contributed by atoms with Crippen molar-refractivity contribution in [3.05, 3.63) is 29.8 Å². The molecular weight excluding hydrogens is 284 g/mol. The summed E-state index contributed by atoms with van der Waals surface area (Å²) in [7, 11) is -3.37. The molecule has 0 aromatic heterocycles. The van der Waals surface area contributed by atoms with E-state index >= 15 is 0 Å². The Labute approximate surface area is 129 Å². The van der Waals surface area contributed by atoms with Crippen molar-refractivity contribution >= 4 is 10.0 Å².